The molecule has 13 nitrogen and oxygen atoms in total. The van der Waals surface area contributed by atoms with Crippen LogP contribution in [0.15, 0.2) is 121 Å². The van der Waals surface area contributed by atoms with Crippen LogP contribution in [-0.4, -0.2) is 122 Å². The van der Waals surface area contributed by atoms with Crippen LogP contribution in [-0.2, 0) is 45.4 Å². The number of nitrogens with one attached hydrogen (secondary N) is 1. The van der Waals surface area contributed by atoms with Gasteiger partial charge >= 0.3 is 5.97 Å². The molecule has 0 aromatic heterocycles. The molecule has 0 radical (unpaired) electrons. The summed E-state index contributed by atoms with van der Waals surface area (Å²) in [5.41, 5.74) is 10.8. The summed E-state index contributed by atoms with van der Waals surface area (Å²) in [5.74, 6) is -0.913. The predicted octanol–water partition coefficient (Wildman–Crippen LogP) is 9.09. The van der Waals surface area contributed by atoms with Crippen molar-refractivity contribution in [3.63, 3.8) is 0 Å². The number of hydrogen-bond acceptors (Lipinski definition) is 9. The van der Waals surface area contributed by atoms with Crippen LogP contribution in [0.4, 0.5) is 0 Å². The monoisotopic (exact) mass is 1100 g/mol. The van der Waals surface area contributed by atoms with E-state index in [4.69, 9.17) is 10.8 Å². The van der Waals surface area contributed by atoms with Gasteiger partial charge in [-0.25, -0.2) is 0 Å². The van der Waals surface area contributed by atoms with Crippen molar-refractivity contribution in [1.29, 1.82) is 0 Å². The van der Waals surface area contributed by atoms with E-state index in [0.717, 1.165) is 88.7 Å². The maximum Gasteiger partial charge on any atom is 0.309 e. The molecule has 4 fully saturated rings. The lowest BCUT2D eigenvalue weighted by Crippen LogP contribution is -2.53. The lowest BCUT2D eigenvalue weighted by Gasteiger charge is -2.28. The number of nitrogens with zero attached hydrogens (tertiary/aromatic N) is 4. The van der Waals surface area contributed by atoms with E-state index < -0.39 is 42.1 Å². The van der Waals surface area contributed by atoms with Crippen molar-refractivity contribution in [2.75, 3.05) is 39.3 Å². The summed E-state index contributed by atoms with van der Waals surface area (Å²) < 4.78 is 0. The Hall–Kier alpha value is -4.96. The lowest BCUT2D eigenvalue weighted by atomic mass is 9.91. The van der Waals surface area contributed by atoms with Crippen molar-refractivity contribution >= 4 is 40.7 Å². The molecule has 2 saturated carbocycles. The van der Waals surface area contributed by atoms with E-state index in [9.17, 15) is 29.4 Å². The van der Waals surface area contributed by atoms with E-state index in [0.29, 0.717) is 76.8 Å². The molecule has 2 unspecified atom stereocenters. The van der Waals surface area contributed by atoms with Gasteiger partial charge in [-0.1, -0.05) is 194 Å². The van der Waals surface area contributed by atoms with E-state index in [1.54, 1.807) is 0 Å². The highest BCUT2D eigenvalue weighted by molar-refractivity contribution is 8.93. The number of carboxylic acids is 1. The van der Waals surface area contributed by atoms with Crippen LogP contribution in [0.3, 0.4) is 0 Å². The molecule has 0 spiro atoms. The van der Waals surface area contributed by atoms with Crippen molar-refractivity contribution in [2.24, 2.45) is 29.4 Å². The summed E-state index contributed by atoms with van der Waals surface area (Å²) >= 11 is 0. The fourth-order valence-corrected chi connectivity index (χ4v) is 9.87. The minimum absolute atomic E-state index is 0. The van der Waals surface area contributed by atoms with Gasteiger partial charge in [0, 0.05) is 65.4 Å². The Labute approximate surface area is 459 Å². The summed E-state index contributed by atoms with van der Waals surface area (Å²) in [5, 5.41) is 32.6. The number of carbonyl (C=O) groups is 4. The molecular weight excluding hydrogens is 1010 g/mol. The van der Waals surface area contributed by atoms with Crippen LogP contribution in [0.25, 0.3) is 0 Å². The molecule has 2 saturated heterocycles. The third kappa shape index (κ3) is 21.9. The minimum atomic E-state index is -0.833. The third-order valence-electron chi connectivity index (χ3n) is 14.6. The quantitative estimate of drug-likeness (QED) is 0.0481. The Kier molecular flexibility index (Phi) is 27.7. The number of carbonyl (C=O) groups excluding carboxylic acids is 3. The van der Waals surface area contributed by atoms with Crippen LogP contribution < -0.4 is 11.1 Å². The fourth-order valence-electron chi connectivity index (χ4n) is 9.87. The summed E-state index contributed by atoms with van der Waals surface area (Å²) in [4.78, 5) is 58.9. The standard InChI is InChI=1S/C30H41N3O3.C19H23N3O.C11H20O3.CH4.BrH/c1-2-3-14-28(34)26(19-23-15-16-23)29(35)31-27-22-32(20-24-10-6-4-7-11-24)17-18-33(30(27)36)21-25-12-8-5-9-13-25;20-18-15-21(13-16-7-3-1-4-8-16)11-12-22(19(18)23)14-17-9-5-2-6-10-17;1-2-3-4-10(12)9(11(13)14)7-8-5-6-8;;/h4-13,23,26-28,34H,2-3,14-22H2,1H3,(H,31,35);1-10,18H,11-15,20H2;8-10,12H,2-7H2,1H3,(H,13,14);1H4;1H/t26-,27?,28+;;9-,10+;;/m1.1../s1. The number of amides is 3. The minimum Gasteiger partial charge on any atom is -0.481 e. The Balaban J connectivity index is 0.000000267. The molecule has 6 N–H and O–H groups in total. The van der Waals surface area contributed by atoms with Gasteiger partial charge in [-0.15, -0.1) is 17.0 Å². The zero-order valence-electron chi connectivity index (χ0n) is 44.0. The van der Waals surface area contributed by atoms with Gasteiger partial charge in [-0.05, 0) is 59.8 Å². The molecule has 2 aliphatic carbocycles. The molecule has 412 valence electrons. The number of rotatable bonds is 23. The highest BCUT2D eigenvalue weighted by Crippen LogP contribution is 2.38. The average Bonchev–Trinajstić information content (AvgIpc) is 4.35. The normalized spacial score (nSPS) is 19.7. The molecule has 14 heteroatoms. The number of carboxylic acid groups (broad SMARTS) is 1. The van der Waals surface area contributed by atoms with Crippen LogP contribution in [0, 0.1) is 23.7 Å². The number of aliphatic hydroxyl groups excluding tert-OH is 2. The van der Waals surface area contributed by atoms with Gasteiger partial charge in [-0.3, -0.25) is 29.0 Å². The van der Waals surface area contributed by atoms with Gasteiger partial charge < -0.3 is 36.2 Å². The number of benzene rings is 4. The highest BCUT2D eigenvalue weighted by atomic mass is 79.9. The summed E-state index contributed by atoms with van der Waals surface area (Å²) in [6.45, 7) is 10.8. The first-order chi connectivity index (χ1) is 35.4. The molecule has 4 aromatic carbocycles. The first-order valence-electron chi connectivity index (χ1n) is 27.2. The van der Waals surface area contributed by atoms with E-state index >= 15 is 0 Å². The zero-order valence-corrected chi connectivity index (χ0v) is 45.7. The summed E-state index contributed by atoms with van der Waals surface area (Å²) in [6.07, 6.45) is 9.66. The molecule has 3 amide bonds. The van der Waals surface area contributed by atoms with Crippen molar-refractivity contribution < 1.29 is 34.5 Å². The molecule has 6 atom stereocenters. The van der Waals surface area contributed by atoms with Crippen molar-refractivity contribution in [2.45, 2.75) is 149 Å². The Morgan fingerprint density at radius 1 is 0.573 bits per heavy atom. The smallest absolute Gasteiger partial charge is 0.309 e. The van der Waals surface area contributed by atoms with Crippen LogP contribution in [0.5, 0.6) is 0 Å². The average molecular weight is 1100 g/mol. The topological polar surface area (TPSA) is 180 Å². The first kappa shape index (κ1) is 62.6. The van der Waals surface area contributed by atoms with Gasteiger partial charge in [-0.2, -0.15) is 0 Å². The van der Waals surface area contributed by atoms with Gasteiger partial charge in [0.1, 0.15) is 6.04 Å². The number of hydrogen-bond donors (Lipinski definition) is 5. The van der Waals surface area contributed by atoms with E-state index in [-0.39, 0.29) is 42.1 Å². The molecular formula is C61H89BrN6O7. The molecule has 75 heavy (non-hydrogen) atoms. The molecule has 0 bridgehead atoms. The highest BCUT2D eigenvalue weighted by Gasteiger charge is 2.38. The first-order valence-corrected chi connectivity index (χ1v) is 27.2. The largest absolute Gasteiger partial charge is 0.481 e. The van der Waals surface area contributed by atoms with Crippen molar-refractivity contribution in [1.82, 2.24) is 24.9 Å². The second kappa shape index (κ2) is 33.3. The van der Waals surface area contributed by atoms with Crippen molar-refractivity contribution in [3.05, 3.63) is 144 Å². The van der Waals surface area contributed by atoms with Crippen molar-refractivity contribution in [3.8, 4) is 0 Å². The van der Waals surface area contributed by atoms with E-state index in [1.807, 2.05) is 114 Å². The Morgan fingerprint density at radius 2 is 0.947 bits per heavy atom. The molecule has 4 aromatic rings. The van der Waals surface area contributed by atoms with Crippen LogP contribution >= 0.6 is 17.0 Å². The molecule has 2 aliphatic heterocycles. The number of halogens is 1. The summed E-state index contributed by atoms with van der Waals surface area (Å²) in [6, 6.07) is 39.6. The number of nitrogens with two attached hydrogens (primary N) is 1. The van der Waals surface area contributed by atoms with Gasteiger partial charge in [0.15, 0.2) is 0 Å². The van der Waals surface area contributed by atoms with E-state index in [2.05, 4.69) is 46.3 Å². The number of aliphatic hydroxyl groups is 2. The van der Waals surface area contributed by atoms with Gasteiger partial charge in [0.25, 0.3) is 0 Å². The lowest BCUT2D eigenvalue weighted by molar-refractivity contribution is -0.146. The predicted molar refractivity (Wildman–Crippen MR) is 304 cm³/mol. The number of aliphatic carboxylic acids is 1. The van der Waals surface area contributed by atoms with Crippen LogP contribution in [0.2, 0.25) is 0 Å². The Morgan fingerprint density at radius 3 is 1.35 bits per heavy atom. The Bertz CT molecular complexity index is 2240. The zero-order chi connectivity index (χ0) is 52.0. The third-order valence-corrected chi connectivity index (χ3v) is 14.6. The van der Waals surface area contributed by atoms with Gasteiger partial charge in [0.05, 0.1) is 30.1 Å². The van der Waals surface area contributed by atoms with E-state index in [1.165, 1.54) is 11.1 Å². The fraction of sp³-hybridized carbons (Fsp3) is 0.541. The SMILES string of the molecule is Br.C.CCCC[C@H](O)[C@@H](CC1CC1)C(=O)NC1CN(Cc2ccccc2)CCN(Cc2ccccc2)C1=O.CCCC[C@H](O)[C@@H](CC1CC1)C(=O)O.NC1CN(Cc2ccccc2)CCN(Cc2ccccc2)C1=O. The molecule has 4 aliphatic rings. The maximum atomic E-state index is 13.7. The number of unbranched alkanes of at least 4 members (excludes halogenated alkanes) is 2. The molecule has 8 rings (SSSR count). The van der Waals surface area contributed by atoms with Crippen LogP contribution in [0.1, 0.15) is 121 Å². The summed E-state index contributed by atoms with van der Waals surface area (Å²) in [7, 11) is 0. The maximum absolute atomic E-state index is 13.7. The molecule has 2 heterocycles. The van der Waals surface area contributed by atoms with Gasteiger partial charge in [0.2, 0.25) is 17.7 Å². The second-order valence-corrected chi connectivity index (χ2v) is 20.9. The second-order valence-electron chi connectivity index (χ2n) is 20.9.